The Hall–Kier alpha value is -1.59. The number of carbonyl (C=O) groups excluding carboxylic acids is 2. The molecule has 2 amide bonds. The molecule has 2 rings (SSSR count). The molecule has 20 heavy (non-hydrogen) atoms. The summed E-state index contributed by atoms with van der Waals surface area (Å²) in [4.78, 5) is 36.6. The minimum atomic E-state index is -0.866. The van der Waals surface area contributed by atoms with Gasteiger partial charge in [0.2, 0.25) is 11.8 Å². The second-order valence-corrected chi connectivity index (χ2v) is 5.84. The van der Waals surface area contributed by atoms with Crippen molar-refractivity contribution in [2.24, 2.45) is 23.5 Å². The Labute approximate surface area is 118 Å². The number of carboxylic acid groups (broad SMARTS) is 1. The first-order valence-electron chi connectivity index (χ1n) is 7.31. The highest BCUT2D eigenvalue weighted by molar-refractivity contribution is 5.85. The van der Waals surface area contributed by atoms with E-state index in [9.17, 15) is 19.5 Å². The summed E-state index contributed by atoms with van der Waals surface area (Å²) >= 11 is 0. The maximum absolute atomic E-state index is 12.5. The molecule has 1 aliphatic heterocycles. The first-order valence-corrected chi connectivity index (χ1v) is 7.31. The molecular formula is C14H22N2O4. The smallest absolute Gasteiger partial charge is 0.307 e. The molecule has 2 aliphatic rings. The number of hydrogen-bond donors (Lipinski definition) is 2. The highest BCUT2D eigenvalue weighted by atomic mass is 16.4. The van der Waals surface area contributed by atoms with Gasteiger partial charge in [0, 0.05) is 19.0 Å². The average molecular weight is 282 g/mol. The van der Waals surface area contributed by atoms with E-state index in [0.717, 1.165) is 12.8 Å². The van der Waals surface area contributed by atoms with Crippen LogP contribution in [0.15, 0.2) is 0 Å². The maximum atomic E-state index is 12.5. The van der Waals surface area contributed by atoms with Crippen molar-refractivity contribution < 1.29 is 19.5 Å². The van der Waals surface area contributed by atoms with Gasteiger partial charge in [0.15, 0.2) is 0 Å². The van der Waals surface area contributed by atoms with Crippen LogP contribution in [0.2, 0.25) is 0 Å². The van der Waals surface area contributed by atoms with Gasteiger partial charge in [-0.2, -0.15) is 0 Å². The molecule has 1 aliphatic carbocycles. The van der Waals surface area contributed by atoms with Crippen LogP contribution in [0.4, 0.5) is 0 Å². The number of hydrogen-bond acceptors (Lipinski definition) is 3. The van der Waals surface area contributed by atoms with E-state index >= 15 is 0 Å². The number of piperidine rings is 1. The zero-order chi connectivity index (χ0) is 14.7. The molecule has 1 saturated heterocycles. The predicted molar refractivity (Wildman–Crippen MR) is 71.6 cm³/mol. The monoisotopic (exact) mass is 282 g/mol. The fourth-order valence-electron chi connectivity index (χ4n) is 3.34. The third kappa shape index (κ3) is 3.11. The summed E-state index contributed by atoms with van der Waals surface area (Å²) in [5.41, 5.74) is 5.27. The molecule has 3 N–H and O–H groups in total. The van der Waals surface area contributed by atoms with Crippen LogP contribution in [0, 0.1) is 17.8 Å². The Morgan fingerprint density at radius 3 is 2.00 bits per heavy atom. The maximum Gasteiger partial charge on any atom is 0.307 e. The number of likely N-dealkylation sites (tertiary alicyclic amines) is 1. The number of primary amides is 1. The van der Waals surface area contributed by atoms with Gasteiger partial charge in [0.25, 0.3) is 0 Å². The van der Waals surface area contributed by atoms with Gasteiger partial charge >= 0.3 is 5.97 Å². The molecule has 6 nitrogen and oxygen atoms in total. The van der Waals surface area contributed by atoms with Gasteiger partial charge in [0.1, 0.15) is 0 Å². The number of nitrogens with zero attached hydrogens (tertiary/aromatic N) is 1. The van der Waals surface area contributed by atoms with Crippen molar-refractivity contribution in [1.82, 2.24) is 4.90 Å². The van der Waals surface area contributed by atoms with Gasteiger partial charge in [0.05, 0.1) is 11.8 Å². The lowest BCUT2D eigenvalue weighted by Gasteiger charge is -2.36. The van der Waals surface area contributed by atoms with Crippen molar-refractivity contribution in [3.05, 3.63) is 0 Å². The number of aliphatic carboxylic acids is 1. The lowest BCUT2D eigenvalue weighted by Crippen LogP contribution is -2.47. The topological polar surface area (TPSA) is 101 Å². The van der Waals surface area contributed by atoms with Crippen molar-refractivity contribution in [1.29, 1.82) is 0 Å². The molecule has 2 atom stereocenters. The molecule has 2 unspecified atom stereocenters. The van der Waals surface area contributed by atoms with E-state index in [0.29, 0.717) is 38.8 Å². The van der Waals surface area contributed by atoms with Gasteiger partial charge in [-0.3, -0.25) is 14.4 Å². The van der Waals surface area contributed by atoms with Crippen LogP contribution in [0.1, 0.15) is 38.5 Å². The third-order valence-corrected chi connectivity index (χ3v) is 4.61. The number of amides is 2. The van der Waals surface area contributed by atoms with Gasteiger partial charge in [-0.25, -0.2) is 0 Å². The van der Waals surface area contributed by atoms with Crippen molar-refractivity contribution in [3.8, 4) is 0 Å². The average Bonchev–Trinajstić information content (AvgIpc) is 2.46. The van der Waals surface area contributed by atoms with E-state index < -0.39 is 17.8 Å². The Balaban J connectivity index is 1.97. The van der Waals surface area contributed by atoms with E-state index in [-0.39, 0.29) is 17.7 Å². The van der Waals surface area contributed by atoms with Crippen LogP contribution in [0.25, 0.3) is 0 Å². The highest BCUT2D eigenvalue weighted by Crippen LogP contribution is 2.32. The Kier molecular flexibility index (Phi) is 4.62. The second-order valence-electron chi connectivity index (χ2n) is 5.84. The molecule has 0 bridgehead atoms. The normalized spacial score (nSPS) is 28.1. The van der Waals surface area contributed by atoms with E-state index in [4.69, 9.17) is 5.73 Å². The molecular weight excluding hydrogens is 260 g/mol. The standard InChI is InChI=1S/C14H22N2O4/c15-12(17)9-5-7-16(8-6-9)13(18)10-3-1-2-4-11(10)14(19)20/h9-11H,1-8H2,(H2,15,17)(H,19,20). The van der Waals surface area contributed by atoms with Crippen molar-refractivity contribution in [2.45, 2.75) is 38.5 Å². The summed E-state index contributed by atoms with van der Waals surface area (Å²) in [7, 11) is 0. The van der Waals surface area contributed by atoms with Crippen LogP contribution < -0.4 is 5.73 Å². The van der Waals surface area contributed by atoms with Crippen LogP contribution in [-0.4, -0.2) is 40.9 Å². The minimum absolute atomic E-state index is 0.0555. The Morgan fingerprint density at radius 2 is 1.50 bits per heavy atom. The fourth-order valence-corrected chi connectivity index (χ4v) is 3.34. The van der Waals surface area contributed by atoms with E-state index in [1.165, 1.54) is 0 Å². The van der Waals surface area contributed by atoms with Crippen LogP contribution in [-0.2, 0) is 14.4 Å². The van der Waals surface area contributed by atoms with Crippen molar-refractivity contribution in [3.63, 3.8) is 0 Å². The SMILES string of the molecule is NC(=O)C1CCN(C(=O)C2CCCCC2C(=O)O)CC1. The minimum Gasteiger partial charge on any atom is -0.481 e. The Morgan fingerprint density at radius 1 is 0.950 bits per heavy atom. The van der Waals surface area contributed by atoms with Crippen molar-refractivity contribution >= 4 is 17.8 Å². The highest BCUT2D eigenvalue weighted by Gasteiger charge is 2.38. The molecule has 0 aromatic carbocycles. The summed E-state index contributed by atoms with van der Waals surface area (Å²) < 4.78 is 0. The summed E-state index contributed by atoms with van der Waals surface area (Å²) in [5.74, 6) is -2.33. The van der Waals surface area contributed by atoms with Gasteiger partial charge < -0.3 is 15.7 Å². The first kappa shape index (κ1) is 14.8. The summed E-state index contributed by atoms with van der Waals surface area (Å²) in [6, 6.07) is 0. The molecule has 2 fully saturated rings. The zero-order valence-corrected chi connectivity index (χ0v) is 11.6. The van der Waals surface area contributed by atoms with Crippen molar-refractivity contribution in [2.75, 3.05) is 13.1 Å². The van der Waals surface area contributed by atoms with E-state index in [1.54, 1.807) is 4.90 Å². The third-order valence-electron chi connectivity index (χ3n) is 4.61. The van der Waals surface area contributed by atoms with Crippen LogP contribution >= 0.6 is 0 Å². The fraction of sp³-hybridized carbons (Fsp3) is 0.786. The van der Waals surface area contributed by atoms with E-state index in [2.05, 4.69) is 0 Å². The zero-order valence-electron chi connectivity index (χ0n) is 11.6. The molecule has 112 valence electrons. The van der Waals surface area contributed by atoms with Gasteiger partial charge in [-0.05, 0) is 25.7 Å². The summed E-state index contributed by atoms with van der Waals surface area (Å²) in [5, 5.41) is 9.24. The molecule has 1 saturated carbocycles. The number of nitrogens with two attached hydrogens (primary N) is 1. The predicted octanol–water partition coefficient (Wildman–Crippen LogP) is 0.601. The summed E-state index contributed by atoms with van der Waals surface area (Å²) in [6.07, 6.45) is 4.22. The Bertz CT molecular complexity index is 402. The number of carboxylic acids is 1. The van der Waals surface area contributed by atoms with E-state index in [1.807, 2.05) is 0 Å². The largest absolute Gasteiger partial charge is 0.481 e. The van der Waals surface area contributed by atoms with Gasteiger partial charge in [-0.15, -0.1) is 0 Å². The molecule has 0 aromatic rings. The number of rotatable bonds is 3. The molecule has 1 heterocycles. The second kappa shape index (κ2) is 6.24. The van der Waals surface area contributed by atoms with Crippen LogP contribution in [0.3, 0.4) is 0 Å². The molecule has 6 heteroatoms. The number of carbonyl (C=O) groups is 3. The molecule has 0 spiro atoms. The molecule has 0 aromatic heterocycles. The molecule has 0 radical (unpaired) electrons. The van der Waals surface area contributed by atoms with Crippen LogP contribution in [0.5, 0.6) is 0 Å². The van der Waals surface area contributed by atoms with Gasteiger partial charge in [-0.1, -0.05) is 12.8 Å². The lowest BCUT2D eigenvalue weighted by atomic mass is 9.78. The first-order chi connectivity index (χ1) is 9.50. The lowest BCUT2D eigenvalue weighted by molar-refractivity contribution is -0.153. The summed E-state index contributed by atoms with van der Waals surface area (Å²) in [6.45, 7) is 1.02. The quantitative estimate of drug-likeness (QED) is 0.791.